The Bertz CT molecular complexity index is 173. The van der Waals surface area contributed by atoms with E-state index in [-0.39, 0.29) is 5.82 Å². The van der Waals surface area contributed by atoms with E-state index in [0.717, 1.165) is 17.3 Å². The predicted molar refractivity (Wildman–Crippen MR) is 36.7 cm³/mol. The number of hydrogen-bond donors (Lipinski definition) is 0. The topological polar surface area (TPSA) is 0 Å². The summed E-state index contributed by atoms with van der Waals surface area (Å²) in [5.74, 6) is -0.225. The van der Waals surface area contributed by atoms with Gasteiger partial charge in [-0.1, -0.05) is 6.07 Å². The molecule has 0 spiro atoms. The number of halogens is 2. The molecule has 0 saturated carbocycles. The maximum atomic E-state index is 12.1. The van der Waals surface area contributed by atoms with E-state index in [1.165, 1.54) is 12.1 Å². The van der Waals surface area contributed by atoms with Gasteiger partial charge in [-0.05, 0) is 0 Å². The molecule has 1 aromatic rings. The second-order valence-corrected chi connectivity index (χ2v) is 1.63. The van der Waals surface area contributed by atoms with Crippen LogP contribution in [0.15, 0.2) is 24.3 Å². The SMILES string of the molecule is [CH2-]c1cccc(F)c1.[Cl][Zn+]. The molecular formula is C7H6ClFZn. The molecular weight excluding hydrogens is 204 g/mol. The van der Waals surface area contributed by atoms with Gasteiger partial charge in [-0.3, -0.25) is 0 Å². The first-order chi connectivity index (χ1) is 4.79. The van der Waals surface area contributed by atoms with Crippen molar-refractivity contribution >= 4 is 9.69 Å². The Balaban J connectivity index is 0.000000371. The zero-order valence-corrected chi connectivity index (χ0v) is 9.20. The zero-order chi connectivity index (χ0) is 7.98. The van der Waals surface area contributed by atoms with Gasteiger partial charge in [0, 0.05) is 0 Å². The van der Waals surface area contributed by atoms with Crippen molar-refractivity contribution in [2.24, 2.45) is 0 Å². The van der Waals surface area contributed by atoms with Gasteiger partial charge in [0.1, 0.15) is 0 Å². The van der Waals surface area contributed by atoms with Crippen molar-refractivity contribution in [3.05, 3.63) is 42.6 Å². The van der Waals surface area contributed by atoms with E-state index < -0.39 is 0 Å². The number of rotatable bonds is 0. The molecule has 1 rings (SSSR count). The normalized spacial score (nSPS) is 8.00. The summed E-state index contributed by atoms with van der Waals surface area (Å²) in [4.78, 5) is 0. The van der Waals surface area contributed by atoms with Gasteiger partial charge >= 0.3 is 27.0 Å². The number of benzene rings is 1. The first-order valence-corrected chi connectivity index (χ1v) is 6.53. The van der Waals surface area contributed by atoms with Crippen LogP contribution >= 0.6 is 9.69 Å². The molecule has 0 saturated heterocycles. The van der Waals surface area contributed by atoms with Crippen LogP contribution in [-0.2, 0) is 17.3 Å². The van der Waals surface area contributed by atoms with E-state index in [4.69, 9.17) is 9.69 Å². The van der Waals surface area contributed by atoms with E-state index in [1.807, 2.05) is 0 Å². The van der Waals surface area contributed by atoms with Crippen LogP contribution in [0, 0.1) is 12.7 Å². The predicted octanol–water partition coefficient (Wildman–Crippen LogP) is 2.69. The Morgan fingerprint density at radius 3 is 2.30 bits per heavy atom. The molecule has 0 aromatic heterocycles. The van der Waals surface area contributed by atoms with Gasteiger partial charge in [-0.2, -0.15) is 18.6 Å². The third-order valence-corrected chi connectivity index (χ3v) is 0.889. The van der Waals surface area contributed by atoms with Crippen molar-refractivity contribution in [3.8, 4) is 0 Å². The summed E-state index contributed by atoms with van der Waals surface area (Å²) in [5.41, 5.74) is 0.713. The molecule has 0 N–H and O–H groups in total. The van der Waals surface area contributed by atoms with Crippen LogP contribution in [0.2, 0.25) is 0 Å². The fourth-order valence-electron chi connectivity index (χ4n) is 0.537. The summed E-state index contributed by atoms with van der Waals surface area (Å²) in [5, 5.41) is 0. The van der Waals surface area contributed by atoms with Crippen LogP contribution in [0.3, 0.4) is 0 Å². The van der Waals surface area contributed by atoms with E-state index in [0.29, 0.717) is 5.56 Å². The van der Waals surface area contributed by atoms with Crippen LogP contribution in [0.5, 0.6) is 0 Å². The summed E-state index contributed by atoms with van der Waals surface area (Å²) >= 11 is 0.847. The minimum atomic E-state index is -0.225. The molecule has 0 unspecified atom stereocenters. The van der Waals surface area contributed by atoms with Crippen molar-refractivity contribution in [1.29, 1.82) is 0 Å². The van der Waals surface area contributed by atoms with Crippen molar-refractivity contribution in [1.82, 2.24) is 0 Å². The molecule has 50 valence electrons. The monoisotopic (exact) mass is 208 g/mol. The molecule has 3 heteroatoms. The molecule has 0 heterocycles. The molecule has 0 atom stereocenters. The van der Waals surface area contributed by atoms with Crippen LogP contribution in [0.1, 0.15) is 5.56 Å². The molecule has 0 fully saturated rings. The molecule has 0 amide bonds. The molecule has 0 radical (unpaired) electrons. The van der Waals surface area contributed by atoms with Gasteiger partial charge in [-0.15, -0.1) is 12.1 Å². The Labute approximate surface area is 74.1 Å². The standard InChI is InChI=1S/C7H6F.ClH.Zn/c1-6-3-2-4-7(8)5-6;;/h2-5H,1H2;1H;/q-1;;+2/p-1. The van der Waals surface area contributed by atoms with Crippen molar-refractivity contribution in [3.63, 3.8) is 0 Å². The first-order valence-electron chi connectivity index (χ1n) is 2.63. The Morgan fingerprint density at radius 2 is 2.00 bits per heavy atom. The second kappa shape index (κ2) is 5.70. The van der Waals surface area contributed by atoms with Crippen LogP contribution in [0.4, 0.5) is 4.39 Å². The van der Waals surface area contributed by atoms with Crippen LogP contribution in [0.25, 0.3) is 0 Å². The molecule has 1 aromatic carbocycles. The third kappa shape index (κ3) is 3.87. The summed E-state index contributed by atoms with van der Waals surface area (Å²) in [6, 6.07) is 6.18. The Morgan fingerprint density at radius 1 is 1.40 bits per heavy atom. The van der Waals surface area contributed by atoms with Gasteiger partial charge in [0.15, 0.2) is 0 Å². The van der Waals surface area contributed by atoms with Crippen molar-refractivity contribution < 1.29 is 21.7 Å². The van der Waals surface area contributed by atoms with Gasteiger partial charge in [0.05, 0.1) is 5.82 Å². The summed E-state index contributed by atoms with van der Waals surface area (Å²) in [7, 11) is 4.76. The Hall–Kier alpha value is -0.0666. The third-order valence-electron chi connectivity index (χ3n) is 0.889. The molecule has 0 aliphatic rings. The quantitative estimate of drug-likeness (QED) is 0.456. The van der Waals surface area contributed by atoms with Gasteiger partial charge in [-0.25, -0.2) is 4.39 Å². The van der Waals surface area contributed by atoms with Gasteiger partial charge in [0.2, 0.25) is 0 Å². The van der Waals surface area contributed by atoms with Crippen LogP contribution in [-0.4, -0.2) is 0 Å². The van der Waals surface area contributed by atoms with E-state index in [9.17, 15) is 4.39 Å². The van der Waals surface area contributed by atoms with Crippen molar-refractivity contribution in [2.75, 3.05) is 0 Å². The molecule has 0 aliphatic carbocycles. The summed E-state index contributed by atoms with van der Waals surface area (Å²) in [6.07, 6.45) is 0. The minimum absolute atomic E-state index is 0.225. The number of hydrogen-bond acceptors (Lipinski definition) is 0. The average molecular weight is 210 g/mol. The summed E-state index contributed by atoms with van der Waals surface area (Å²) < 4.78 is 12.1. The molecule has 0 aliphatic heterocycles. The summed E-state index contributed by atoms with van der Waals surface area (Å²) in [6.45, 7) is 3.54. The van der Waals surface area contributed by atoms with E-state index in [1.54, 1.807) is 12.1 Å². The first kappa shape index (κ1) is 9.93. The van der Waals surface area contributed by atoms with Gasteiger partial charge < -0.3 is 0 Å². The average Bonchev–Trinajstić information content (AvgIpc) is 1.91. The molecule has 0 bridgehead atoms. The molecule has 10 heavy (non-hydrogen) atoms. The van der Waals surface area contributed by atoms with Crippen LogP contribution < -0.4 is 0 Å². The molecule has 0 nitrogen and oxygen atoms in total. The fourth-order valence-corrected chi connectivity index (χ4v) is 0.537. The second-order valence-electron chi connectivity index (χ2n) is 1.63. The zero-order valence-electron chi connectivity index (χ0n) is 5.48. The van der Waals surface area contributed by atoms with Crippen molar-refractivity contribution in [2.45, 2.75) is 0 Å². The maximum absolute atomic E-state index is 12.1. The fraction of sp³-hybridized carbons (Fsp3) is 0. The van der Waals surface area contributed by atoms with E-state index in [2.05, 4.69) is 6.92 Å². The van der Waals surface area contributed by atoms with Gasteiger partial charge in [0.25, 0.3) is 0 Å². The Kier molecular flexibility index (Phi) is 5.66. The van der Waals surface area contributed by atoms with E-state index >= 15 is 0 Å².